The quantitative estimate of drug-likeness (QED) is 0.328. The van der Waals surface area contributed by atoms with E-state index in [4.69, 9.17) is 33.2 Å². The average Bonchev–Trinajstić information content (AvgIpc) is 3.38. The Hall–Kier alpha value is -4.56. The molecule has 0 bridgehead atoms. The number of benzene rings is 2. The van der Waals surface area contributed by atoms with Gasteiger partial charge in [0, 0.05) is 5.56 Å². The van der Waals surface area contributed by atoms with Crippen molar-refractivity contribution >= 4 is 24.6 Å². The second kappa shape index (κ2) is 13.6. The van der Waals surface area contributed by atoms with Crippen LogP contribution in [0, 0.1) is 0 Å². The lowest BCUT2D eigenvalue weighted by Gasteiger charge is -2.47. The minimum absolute atomic E-state index is 0.0414. The van der Waals surface area contributed by atoms with E-state index in [0.717, 1.165) is 46.0 Å². The molecule has 0 saturated carbocycles. The van der Waals surface area contributed by atoms with Crippen molar-refractivity contribution in [3.63, 3.8) is 0 Å². The van der Waals surface area contributed by atoms with E-state index < -0.39 is 55.0 Å². The van der Waals surface area contributed by atoms with Crippen LogP contribution < -0.4 is 0 Å². The van der Waals surface area contributed by atoms with Crippen LogP contribution in [0.1, 0.15) is 34.7 Å². The minimum Gasteiger partial charge on any atom is -0.438 e. The Morgan fingerprint density at radius 2 is 1.26 bits per heavy atom. The number of methoxy groups -OCH3 is 4. The molecule has 1 spiro atoms. The summed E-state index contributed by atoms with van der Waals surface area (Å²) in [6, 6.07) is 13.6. The van der Waals surface area contributed by atoms with E-state index in [9.17, 15) is 19.2 Å². The number of fused-ring (bicyclic) bond motifs is 2. The molecule has 14 nitrogen and oxygen atoms in total. The smallest absolute Gasteiger partial charge is 0.438 e. The van der Waals surface area contributed by atoms with Crippen molar-refractivity contribution in [2.24, 2.45) is 0 Å². The molecule has 232 valence electrons. The molecule has 0 amide bonds. The molecule has 2 aliphatic rings. The third kappa shape index (κ3) is 6.75. The molecule has 2 aromatic rings. The molecule has 43 heavy (non-hydrogen) atoms. The zero-order valence-corrected chi connectivity index (χ0v) is 24.2. The maximum absolute atomic E-state index is 12.5. The topological polar surface area (TPSA) is 161 Å². The molecule has 14 heteroatoms. The summed E-state index contributed by atoms with van der Waals surface area (Å²) in [5, 5.41) is 0. The van der Waals surface area contributed by atoms with Crippen LogP contribution in [0.15, 0.2) is 42.5 Å². The van der Waals surface area contributed by atoms with Gasteiger partial charge in [-0.15, -0.1) is 0 Å². The highest BCUT2D eigenvalue weighted by Crippen LogP contribution is 2.49. The standard InChI is InChI=1S/C29H32O14/c1-6-16-7-9-17(10-8-16)13-18-11-12-19-15-38-29(20(19)14-18)23(41-27(32)36-4)21(39-25(30)34-2)22(40-26(31)35-3)24(43-29)42-28(33)37-5/h7-12,14,21-24H,6,13,15H2,1-5H3/t21-,22-,23+,24-,29-/m0/s1. The first-order valence-electron chi connectivity index (χ1n) is 13.2. The largest absolute Gasteiger partial charge is 0.510 e. The Morgan fingerprint density at radius 3 is 1.86 bits per heavy atom. The first-order valence-corrected chi connectivity index (χ1v) is 13.2. The van der Waals surface area contributed by atoms with Crippen LogP contribution in [0.5, 0.6) is 0 Å². The van der Waals surface area contributed by atoms with Crippen LogP contribution in [0.2, 0.25) is 0 Å². The van der Waals surface area contributed by atoms with Gasteiger partial charge in [0.2, 0.25) is 18.0 Å². The van der Waals surface area contributed by atoms with Crippen molar-refractivity contribution in [3.05, 3.63) is 70.3 Å². The lowest BCUT2D eigenvalue weighted by molar-refractivity contribution is -0.398. The zero-order valence-electron chi connectivity index (χ0n) is 24.2. The summed E-state index contributed by atoms with van der Waals surface area (Å²) in [5.41, 5.74) is 4.06. The molecule has 2 aliphatic heterocycles. The predicted molar refractivity (Wildman–Crippen MR) is 142 cm³/mol. The normalized spacial score (nSPS) is 23.8. The molecular formula is C29H32O14. The fraction of sp³-hybridized carbons (Fsp3) is 0.448. The number of hydrogen-bond acceptors (Lipinski definition) is 14. The first kappa shape index (κ1) is 31.4. The van der Waals surface area contributed by atoms with Crippen LogP contribution in [0.3, 0.4) is 0 Å². The van der Waals surface area contributed by atoms with Crippen LogP contribution >= 0.6 is 0 Å². The Morgan fingerprint density at radius 1 is 0.721 bits per heavy atom. The van der Waals surface area contributed by atoms with Crippen LogP contribution in [0.25, 0.3) is 0 Å². The Balaban J connectivity index is 1.84. The van der Waals surface area contributed by atoms with Gasteiger partial charge >= 0.3 is 24.6 Å². The van der Waals surface area contributed by atoms with E-state index in [2.05, 4.69) is 21.1 Å². The molecule has 0 aromatic heterocycles. The number of hydrogen-bond donors (Lipinski definition) is 0. The van der Waals surface area contributed by atoms with Crippen molar-refractivity contribution in [2.45, 2.75) is 56.8 Å². The van der Waals surface area contributed by atoms with Crippen molar-refractivity contribution in [3.8, 4) is 0 Å². The maximum atomic E-state index is 12.5. The van der Waals surface area contributed by atoms with E-state index >= 15 is 0 Å². The maximum Gasteiger partial charge on any atom is 0.510 e. The van der Waals surface area contributed by atoms with Gasteiger partial charge in [-0.25, -0.2) is 19.2 Å². The van der Waals surface area contributed by atoms with Gasteiger partial charge in [-0.05, 0) is 41.2 Å². The molecule has 2 aromatic carbocycles. The van der Waals surface area contributed by atoms with Crippen molar-refractivity contribution in [2.75, 3.05) is 28.4 Å². The molecule has 0 unspecified atom stereocenters. The molecule has 5 atom stereocenters. The molecule has 0 radical (unpaired) electrons. The van der Waals surface area contributed by atoms with E-state index in [-0.39, 0.29) is 6.61 Å². The van der Waals surface area contributed by atoms with Gasteiger partial charge in [0.15, 0.2) is 6.10 Å². The number of carbonyl (C=O) groups is 4. The third-order valence-corrected chi connectivity index (χ3v) is 6.95. The van der Waals surface area contributed by atoms with E-state index in [1.165, 1.54) is 5.56 Å². The summed E-state index contributed by atoms with van der Waals surface area (Å²) < 4.78 is 52.4. The van der Waals surface area contributed by atoms with Gasteiger partial charge in [0.25, 0.3) is 6.29 Å². The van der Waals surface area contributed by atoms with Crippen LogP contribution in [-0.2, 0) is 72.6 Å². The number of aryl methyl sites for hydroxylation is 1. The molecule has 0 N–H and O–H groups in total. The number of ether oxygens (including phenoxy) is 10. The van der Waals surface area contributed by atoms with Crippen LogP contribution in [-0.4, -0.2) is 77.7 Å². The third-order valence-electron chi connectivity index (χ3n) is 6.95. The highest BCUT2D eigenvalue weighted by molar-refractivity contribution is 5.63. The molecule has 1 fully saturated rings. The van der Waals surface area contributed by atoms with Gasteiger partial charge in [0.05, 0.1) is 35.0 Å². The van der Waals surface area contributed by atoms with E-state index in [0.29, 0.717) is 17.5 Å². The summed E-state index contributed by atoms with van der Waals surface area (Å²) in [6.45, 7) is 2.03. The average molecular weight is 605 g/mol. The molecule has 2 heterocycles. The van der Waals surface area contributed by atoms with Crippen LogP contribution in [0.4, 0.5) is 19.2 Å². The zero-order chi connectivity index (χ0) is 31.1. The first-order chi connectivity index (χ1) is 20.7. The fourth-order valence-corrected chi connectivity index (χ4v) is 4.86. The Bertz CT molecular complexity index is 1320. The highest BCUT2D eigenvalue weighted by Gasteiger charge is 2.66. The lowest BCUT2D eigenvalue weighted by Crippen LogP contribution is -2.66. The van der Waals surface area contributed by atoms with E-state index in [1.54, 1.807) is 6.07 Å². The van der Waals surface area contributed by atoms with Gasteiger partial charge < -0.3 is 42.6 Å². The Labute approximate surface area is 246 Å². The van der Waals surface area contributed by atoms with Crippen molar-refractivity contribution in [1.29, 1.82) is 0 Å². The predicted octanol–water partition coefficient (Wildman–Crippen LogP) is 4.12. The second-order valence-corrected chi connectivity index (χ2v) is 9.42. The molecule has 1 saturated heterocycles. The second-order valence-electron chi connectivity index (χ2n) is 9.42. The van der Waals surface area contributed by atoms with Crippen molar-refractivity contribution in [1.82, 2.24) is 0 Å². The summed E-state index contributed by atoms with van der Waals surface area (Å²) >= 11 is 0. The van der Waals surface area contributed by atoms with Gasteiger partial charge in [0.1, 0.15) is 0 Å². The van der Waals surface area contributed by atoms with Gasteiger partial charge in [-0.1, -0.05) is 43.3 Å². The van der Waals surface area contributed by atoms with Gasteiger partial charge in [-0.2, -0.15) is 0 Å². The monoisotopic (exact) mass is 604 g/mol. The lowest BCUT2D eigenvalue weighted by atomic mass is 9.87. The fourth-order valence-electron chi connectivity index (χ4n) is 4.86. The SMILES string of the molecule is CCc1ccc(Cc2ccc3c(c2)[C@]2(OC3)O[C@H](OC(=O)OC)[C@@H](OC(=O)OC)[C@H](OC(=O)OC)[C@H]2OC(=O)OC)cc1. The highest BCUT2D eigenvalue weighted by atomic mass is 16.9. The molecular weight excluding hydrogens is 572 g/mol. The van der Waals surface area contributed by atoms with E-state index in [1.807, 2.05) is 36.4 Å². The van der Waals surface area contributed by atoms with Gasteiger partial charge in [-0.3, -0.25) is 4.74 Å². The number of rotatable bonds is 7. The number of carbonyl (C=O) groups excluding carboxylic acids is 4. The molecule has 0 aliphatic carbocycles. The minimum atomic E-state index is -2.06. The van der Waals surface area contributed by atoms with Crippen molar-refractivity contribution < 1.29 is 66.5 Å². The Kier molecular flexibility index (Phi) is 9.93. The summed E-state index contributed by atoms with van der Waals surface area (Å²) in [7, 11) is 4.16. The molecule has 4 rings (SSSR count). The summed E-state index contributed by atoms with van der Waals surface area (Å²) in [5.74, 6) is -2.06. The summed E-state index contributed by atoms with van der Waals surface area (Å²) in [6.07, 6.45) is -10.5. The summed E-state index contributed by atoms with van der Waals surface area (Å²) in [4.78, 5) is 49.4.